The Labute approximate surface area is 249 Å². The van der Waals surface area contributed by atoms with Crippen LogP contribution in [0.1, 0.15) is 19.4 Å². The van der Waals surface area contributed by atoms with Crippen molar-refractivity contribution >= 4 is 54.6 Å². The molecule has 14 heteroatoms. The number of aliphatic hydroxyl groups excluding tert-OH is 1. The molecule has 2 N–H and O–H groups in total. The van der Waals surface area contributed by atoms with Crippen LogP contribution in [0.2, 0.25) is 5.02 Å². The molecular weight excluding hydrogens is 610 g/mol. The lowest BCUT2D eigenvalue weighted by Crippen LogP contribution is -2.48. The highest BCUT2D eigenvalue weighted by molar-refractivity contribution is 7.92. The molecule has 222 valence electrons. The highest BCUT2D eigenvalue weighted by atomic mass is 35.5. The minimum atomic E-state index is -3.95. The minimum absolute atomic E-state index is 0.00131. The molecule has 1 aromatic heterocycles. The van der Waals surface area contributed by atoms with E-state index in [1.54, 1.807) is 29.3 Å². The van der Waals surface area contributed by atoms with Gasteiger partial charge in [-0.05, 0) is 60.8 Å². The van der Waals surface area contributed by atoms with Crippen LogP contribution in [-0.4, -0.2) is 75.9 Å². The molecule has 10 nitrogen and oxygen atoms in total. The first-order valence-corrected chi connectivity index (χ1v) is 17.0. The molecule has 1 amide bonds. The Kier molecular flexibility index (Phi) is 9.66. The van der Waals surface area contributed by atoms with E-state index in [4.69, 9.17) is 16.3 Å². The fourth-order valence-electron chi connectivity index (χ4n) is 4.45. The topological polar surface area (TPSA) is 133 Å². The number of likely N-dealkylation sites (N-methyl/N-ethyl adjacent to an activating group) is 1. The molecule has 0 unspecified atom stereocenters. The Morgan fingerprint density at radius 2 is 1.88 bits per heavy atom. The van der Waals surface area contributed by atoms with Gasteiger partial charge in [0.15, 0.2) is 0 Å². The number of amides is 1. The number of carbonyl (C=O) groups excluding carboxylic acids is 1. The summed E-state index contributed by atoms with van der Waals surface area (Å²) in [4.78, 5) is 15.0. The first kappa shape index (κ1) is 31.3. The maximum absolute atomic E-state index is 13.4. The Balaban J connectivity index is 1.68. The van der Waals surface area contributed by atoms with Crippen LogP contribution in [0.15, 0.2) is 69.1 Å². The summed E-state index contributed by atoms with van der Waals surface area (Å²) in [5.74, 6) is -0.255. The van der Waals surface area contributed by atoms with Crippen molar-refractivity contribution < 1.29 is 31.5 Å². The second kappa shape index (κ2) is 12.7. The molecule has 1 aliphatic rings. The third-order valence-electron chi connectivity index (χ3n) is 6.89. The number of nitrogens with one attached hydrogen (secondary N) is 1. The smallest absolute Gasteiger partial charge is 0.261 e. The van der Waals surface area contributed by atoms with Crippen molar-refractivity contribution in [1.82, 2.24) is 9.21 Å². The summed E-state index contributed by atoms with van der Waals surface area (Å²) in [6.45, 7) is 3.55. The number of hydrogen-bond acceptors (Lipinski definition) is 8. The van der Waals surface area contributed by atoms with Crippen LogP contribution in [0, 0.1) is 5.92 Å². The number of aliphatic hydroxyl groups is 1. The quantitative estimate of drug-likeness (QED) is 0.364. The van der Waals surface area contributed by atoms with Crippen LogP contribution in [0.3, 0.4) is 0 Å². The van der Waals surface area contributed by atoms with E-state index >= 15 is 0 Å². The van der Waals surface area contributed by atoms with Gasteiger partial charge in [-0.2, -0.15) is 4.31 Å². The number of hydrogen-bond donors (Lipinski definition) is 2. The lowest BCUT2D eigenvalue weighted by Gasteiger charge is -2.33. The molecule has 0 spiro atoms. The van der Waals surface area contributed by atoms with Crippen molar-refractivity contribution in [2.75, 3.05) is 31.5 Å². The van der Waals surface area contributed by atoms with E-state index in [0.717, 1.165) is 11.3 Å². The van der Waals surface area contributed by atoms with Crippen LogP contribution in [0.4, 0.5) is 5.69 Å². The predicted molar refractivity (Wildman–Crippen MR) is 158 cm³/mol. The molecule has 3 atom stereocenters. The number of anilines is 1. The van der Waals surface area contributed by atoms with Crippen molar-refractivity contribution in [3.8, 4) is 5.75 Å². The Hall–Kier alpha value is -2.68. The molecule has 41 heavy (non-hydrogen) atoms. The van der Waals surface area contributed by atoms with E-state index in [0.29, 0.717) is 16.3 Å². The maximum atomic E-state index is 13.4. The van der Waals surface area contributed by atoms with E-state index in [1.165, 1.54) is 53.8 Å². The van der Waals surface area contributed by atoms with Crippen molar-refractivity contribution in [3.63, 3.8) is 0 Å². The monoisotopic (exact) mass is 641 g/mol. The van der Waals surface area contributed by atoms with Gasteiger partial charge in [0, 0.05) is 35.8 Å². The third-order valence-corrected chi connectivity index (χ3v) is 11.7. The van der Waals surface area contributed by atoms with Gasteiger partial charge in [0.2, 0.25) is 5.91 Å². The minimum Gasteiger partial charge on any atom is -0.488 e. The number of rotatable bonds is 9. The molecule has 0 radical (unpaired) electrons. The molecule has 0 aliphatic carbocycles. The van der Waals surface area contributed by atoms with Gasteiger partial charge in [-0.25, -0.2) is 16.8 Å². The molecule has 3 aromatic rings. The largest absolute Gasteiger partial charge is 0.488 e. The second-order valence-electron chi connectivity index (χ2n) is 9.99. The molecule has 0 saturated carbocycles. The average molecular weight is 642 g/mol. The normalized spacial score (nSPS) is 19.1. The van der Waals surface area contributed by atoms with Gasteiger partial charge < -0.3 is 14.7 Å². The first-order chi connectivity index (χ1) is 19.3. The van der Waals surface area contributed by atoms with Crippen LogP contribution in [0.25, 0.3) is 0 Å². The average Bonchev–Trinajstić information content (AvgIpc) is 3.48. The highest BCUT2D eigenvalue weighted by Gasteiger charge is 2.34. The highest BCUT2D eigenvalue weighted by Crippen LogP contribution is 2.31. The first-order valence-electron chi connectivity index (χ1n) is 12.8. The van der Waals surface area contributed by atoms with Crippen LogP contribution >= 0.6 is 22.9 Å². The number of fused-ring (bicyclic) bond motifs is 1. The van der Waals surface area contributed by atoms with Crippen molar-refractivity contribution in [3.05, 3.63) is 70.6 Å². The molecule has 2 aromatic carbocycles. The van der Waals surface area contributed by atoms with Crippen LogP contribution in [-0.2, 0) is 31.3 Å². The zero-order valence-electron chi connectivity index (χ0n) is 22.7. The molecule has 2 heterocycles. The van der Waals surface area contributed by atoms with Gasteiger partial charge >= 0.3 is 0 Å². The molecule has 0 bridgehead atoms. The summed E-state index contributed by atoms with van der Waals surface area (Å²) < 4.78 is 62.5. The summed E-state index contributed by atoms with van der Waals surface area (Å²) in [5, 5.41) is 11.9. The summed E-state index contributed by atoms with van der Waals surface area (Å²) >= 11 is 7.01. The van der Waals surface area contributed by atoms with Crippen molar-refractivity contribution in [2.45, 2.75) is 41.5 Å². The Bertz CT molecular complexity index is 1580. The SMILES string of the molecule is C[C@H](CO)N1C[C@H](C)[C@@H](CN(C)S(=O)(=O)c2cccs2)Oc2ccc(NS(=O)(=O)c3ccc(Cl)cc3)cc2CC1=O. The van der Waals surface area contributed by atoms with E-state index in [2.05, 4.69) is 4.72 Å². The predicted octanol–water partition coefficient (Wildman–Crippen LogP) is 3.67. The fraction of sp³-hybridized carbons (Fsp3) is 0.370. The molecule has 4 rings (SSSR count). The number of nitrogens with zero attached hydrogens (tertiary/aromatic N) is 2. The van der Waals surface area contributed by atoms with Crippen LogP contribution < -0.4 is 9.46 Å². The van der Waals surface area contributed by atoms with Crippen molar-refractivity contribution in [1.29, 1.82) is 0 Å². The molecule has 0 fully saturated rings. The Morgan fingerprint density at radius 3 is 2.51 bits per heavy atom. The number of halogens is 1. The number of thiophene rings is 1. The number of benzene rings is 2. The van der Waals surface area contributed by atoms with Crippen LogP contribution in [0.5, 0.6) is 5.75 Å². The van der Waals surface area contributed by atoms with Crippen molar-refractivity contribution in [2.24, 2.45) is 5.92 Å². The Morgan fingerprint density at radius 1 is 1.17 bits per heavy atom. The standard InChI is InChI=1S/C27H32ClN3O7S3/c1-18-15-31(19(2)17-32)26(33)14-20-13-22(29-40(34,35)23-9-6-21(28)7-10-23)8-11-24(20)38-25(18)16-30(3)41(36,37)27-5-4-12-39-27/h4-13,18-19,25,29,32H,14-17H2,1-3H3/t18-,19+,25+/m0/s1. The summed E-state index contributed by atoms with van der Waals surface area (Å²) in [6, 6.07) is 13.0. The van der Waals surface area contributed by atoms with E-state index in [-0.39, 0.29) is 52.7 Å². The molecule has 1 aliphatic heterocycles. The van der Waals surface area contributed by atoms with Gasteiger partial charge in [-0.1, -0.05) is 24.6 Å². The van der Waals surface area contributed by atoms with Gasteiger partial charge in [0.05, 0.1) is 30.5 Å². The zero-order chi connectivity index (χ0) is 29.9. The lowest BCUT2D eigenvalue weighted by atomic mass is 10.0. The number of sulfonamides is 2. The fourth-order valence-corrected chi connectivity index (χ4v) is 8.01. The zero-order valence-corrected chi connectivity index (χ0v) is 25.9. The third kappa shape index (κ3) is 7.22. The maximum Gasteiger partial charge on any atom is 0.261 e. The summed E-state index contributed by atoms with van der Waals surface area (Å²) in [5.41, 5.74) is 0.641. The van der Waals surface area contributed by atoms with Gasteiger partial charge in [0.25, 0.3) is 20.0 Å². The van der Waals surface area contributed by atoms with Gasteiger partial charge in [-0.15, -0.1) is 11.3 Å². The van der Waals surface area contributed by atoms with E-state index in [1.807, 2.05) is 6.92 Å². The van der Waals surface area contributed by atoms with E-state index in [9.17, 15) is 26.7 Å². The number of ether oxygens (including phenoxy) is 1. The second-order valence-corrected chi connectivity index (χ2v) is 15.3. The molecular formula is C27H32ClN3O7S3. The number of carbonyl (C=O) groups is 1. The molecule has 0 saturated heterocycles. The summed E-state index contributed by atoms with van der Waals surface area (Å²) in [7, 11) is -6.23. The van der Waals surface area contributed by atoms with E-state index < -0.39 is 32.2 Å². The summed E-state index contributed by atoms with van der Waals surface area (Å²) in [6.07, 6.45) is -0.775. The van der Waals surface area contributed by atoms with Gasteiger partial charge in [0.1, 0.15) is 16.1 Å². The lowest BCUT2D eigenvalue weighted by molar-refractivity contribution is -0.134. The van der Waals surface area contributed by atoms with Gasteiger partial charge in [-0.3, -0.25) is 9.52 Å².